The van der Waals surface area contributed by atoms with E-state index in [2.05, 4.69) is 10.1 Å². The van der Waals surface area contributed by atoms with Gasteiger partial charge in [0.1, 0.15) is 17.3 Å². The highest BCUT2D eigenvalue weighted by Crippen LogP contribution is 2.49. The Hall–Kier alpha value is -2.78. The van der Waals surface area contributed by atoms with Crippen molar-refractivity contribution in [2.75, 3.05) is 5.09 Å². The van der Waals surface area contributed by atoms with Gasteiger partial charge in [-0.15, -0.1) is 0 Å². The van der Waals surface area contributed by atoms with Gasteiger partial charge in [-0.2, -0.15) is 0 Å². The van der Waals surface area contributed by atoms with Gasteiger partial charge in [0.05, 0.1) is 0 Å². The summed E-state index contributed by atoms with van der Waals surface area (Å²) in [6.45, 7) is 7.80. The highest BCUT2D eigenvalue weighted by atomic mass is 31.2. The maximum absolute atomic E-state index is 13.7. The normalized spacial score (nSPS) is 11.1. The molecule has 0 radical (unpaired) electrons. The maximum Gasteiger partial charge on any atom is 0.542 e. The molecule has 1 aromatic heterocycles. The molecule has 0 saturated heterocycles. The van der Waals surface area contributed by atoms with Gasteiger partial charge in [-0.3, -0.25) is 5.09 Å². The van der Waals surface area contributed by atoms with Crippen molar-refractivity contribution < 1.29 is 13.6 Å². The van der Waals surface area contributed by atoms with E-state index in [0.29, 0.717) is 17.3 Å². The van der Waals surface area contributed by atoms with Crippen molar-refractivity contribution in [2.24, 2.45) is 0 Å². The average molecular weight is 382 g/mol. The number of hydrogen-bond acceptors (Lipinski definition) is 4. The van der Waals surface area contributed by atoms with Gasteiger partial charge in [-0.05, 0) is 74.2 Å². The molecule has 0 aliphatic heterocycles. The van der Waals surface area contributed by atoms with Crippen LogP contribution in [-0.4, -0.2) is 4.98 Å². The van der Waals surface area contributed by atoms with Gasteiger partial charge >= 0.3 is 7.75 Å². The van der Waals surface area contributed by atoms with Crippen LogP contribution in [0.3, 0.4) is 0 Å². The zero-order valence-electron chi connectivity index (χ0n) is 15.9. The molecule has 1 N–H and O–H groups in total. The molecule has 3 rings (SSSR count). The quantitative estimate of drug-likeness (QED) is 0.530. The topological polar surface area (TPSA) is 60.5 Å². The predicted octanol–water partition coefficient (Wildman–Crippen LogP) is 5.99. The standard InChI is InChI=1S/C21H23N2O3P/c1-15-9-7-11-19(17(15)3)25-27(24,23-21-13-5-6-14-22-21)26-20-12-8-10-16(2)18(20)4/h5-14H,1-4H3,(H,22,23,24). The molecule has 0 bridgehead atoms. The lowest BCUT2D eigenvalue weighted by atomic mass is 10.1. The second kappa shape index (κ2) is 7.85. The van der Waals surface area contributed by atoms with Crippen molar-refractivity contribution in [3.05, 3.63) is 83.0 Å². The summed E-state index contributed by atoms with van der Waals surface area (Å²) in [5.41, 5.74) is 3.91. The second-order valence-corrected chi connectivity index (χ2v) is 7.99. The summed E-state index contributed by atoms with van der Waals surface area (Å²) >= 11 is 0. The Labute approximate surface area is 160 Å². The van der Waals surface area contributed by atoms with E-state index in [-0.39, 0.29) is 0 Å². The lowest BCUT2D eigenvalue weighted by molar-refractivity contribution is 0.390. The first-order valence-corrected chi connectivity index (χ1v) is 10.2. The Morgan fingerprint density at radius 3 is 1.81 bits per heavy atom. The van der Waals surface area contributed by atoms with Crippen LogP contribution < -0.4 is 14.1 Å². The summed E-state index contributed by atoms with van der Waals surface area (Å²) in [5.74, 6) is 1.43. The third kappa shape index (κ3) is 4.50. The van der Waals surface area contributed by atoms with Gasteiger partial charge in [0.2, 0.25) is 0 Å². The third-order valence-electron chi connectivity index (χ3n) is 4.46. The number of anilines is 1. The minimum atomic E-state index is -3.79. The van der Waals surface area contributed by atoms with Gasteiger partial charge < -0.3 is 9.05 Å². The van der Waals surface area contributed by atoms with Gasteiger partial charge in [0.25, 0.3) is 0 Å². The molecule has 0 amide bonds. The van der Waals surface area contributed by atoms with Crippen LogP contribution in [0.4, 0.5) is 5.82 Å². The van der Waals surface area contributed by atoms with Crippen LogP contribution in [0.1, 0.15) is 22.3 Å². The van der Waals surface area contributed by atoms with Crippen molar-refractivity contribution >= 4 is 13.6 Å². The zero-order chi connectivity index (χ0) is 19.4. The Balaban J connectivity index is 1.99. The highest BCUT2D eigenvalue weighted by molar-refractivity contribution is 7.56. The first kappa shape index (κ1) is 19.0. The van der Waals surface area contributed by atoms with E-state index in [4.69, 9.17) is 9.05 Å². The third-order valence-corrected chi connectivity index (χ3v) is 5.84. The molecule has 140 valence electrons. The molecule has 5 nitrogen and oxygen atoms in total. The zero-order valence-corrected chi connectivity index (χ0v) is 16.8. The number of nitrogens with one attached hydrogen (secondary N) is 1. The van der Waals surface area contributed by atoms with Crippen molar-refractivity contribution in [1.29, 1.82) is 0 Å². The van der Waals surface area contributed by atoms with Crippen molar-refractivity contribution in [1.82, 2.24) is 4.98 Å². The lowest BCUT2D eigenvalue weighted by Crippen LogP contribution is -2.12. The van der Waals surface area contributed by atoms with Crippen LogP contribution in [0.5, 0.6) is 11.5 Å². The number of aromatic nitrogens is 1. The molecule has 27 heavy (non-hydrogen) atoms. The molecule has 0 saturated carbocycles. The van der Waals surface area contributed by atoms with E-state index >= 15 is 0 Å². The Morgan fingerprint density at radius 1 is 0.778 bits per heavy atom. The highest BCUT2D eigenvalue weighted by Gasteiger charge is 2.31. The number of benzene rings is 2. The first-order chi connectivity index (χ1) is 12.9. The molecule has 2 aromatic carbocycles. The predicted molar refractivity (Wildman–Crippen MR) is 109 cm³/mol. The number of rotatable bonds is 6. The molecule has 0 unspecified atom stereocenters. The van der Waals surface area contributed by atoms with Crippen molar-refractivity contribution in [3.63, 3.8) is 0 Å². The monoisotopic (exact) mass is 382 g/mol. The molecule has 1 heterocycles. The molecule has 6 heteroatoms. The molecule has 0 aliphatic rings. The van der Waals surface area contributed by atoms with Crippen molar-refractivity contribution in [2.45, 2.75) is 27.7 Å². The van der Waals surface area contributed by atoms with Crippen molar-refractivity contribution in [3.8, 4) is 11.5 Å². The second-order valence-electron chi connectivity index (χ2n) is 6.40. The average Bonchev–Trinajstić information content (AvgIpc) is 2.64. The number of aryl methyl sites for hydroxylation is 2. The number of pyridine rings is 1. The lowest BCUT2D eigenvalue weighted by Gasteiger charge is -2.23. The summed E-state index contributed by atoms with van der Waals surface area (Å²) in [4.78, 5) is 4.18. The first-order valence-electron chi connectivity index (χ1n) is 8.69. The fraction of sp³-hybridized carbons (Fsp3) is 0.190. The fourth-order valence-electron chi connectivity index (χ4n) is 2.54. The van der Waals surface area contributed by atoms with E-state index in [0.717, 1.165) is 22.3 Å². The minimum absolute atomic E-state index is 0.413. The molecule has 0 spiro atoms. The van der Waals surface area contributed by atoms with Crippen LogP contribution in [0.15, 0.2) is 60.8 Å². The molecule has 0 atom stereocenters. The molecule has 3 aromatic rings. The largest absolute Gasteiger partial charge is 0.542 e. The van der Waals surface area contributed by atoms with E-state index in [1.165, 1.54) is 0 Å². The van der Waals surface area contributed by atoms with E-state index in [1.54, 1.807) is 36.5 Å². The van der Waals surface area contributed by atoms with Crippen LogP contribution in [-0.2, 0) is 4.57 Å². The maximum atomic E-state index is 13.7. The molecule has 0 fully saturated rings. The number of hydrogen-bond donors (Lipinski definition) is 1. The van der Waals surface area contributed by atoms with Gasteiger partial charge in [-0.1, -0.05) is 30.3 Å². The molecular weight excluding hydrogens is 359 g/mol. The Bertz CT molecular complexity index is 932. The van der Waals surface area contributed by atoms with Gasteiger partial charge in [-0.25, -0.2) is 9.55 Å². The molecule has 0 aliphatic carbocycles. The Kier molecular flexibility index (Phi) is 5.52. The fourth-order valence-corrected chi connectivity index (χ4v) is 3.99. The number of nitrogens with zero attached hydrogens (tertiary/aromatic N) is 1. The van der Waals surface area contributed by atoms with Crippen LogP contribution >= 0.6 is 7.75 Å². The van der Waals surface area contributed by atoms with Gasteiger partial charge in [0.15, 0.2) is 0 Å². The molecular formula is C21H23N2O3P. The van der Waals surface area contributed by atoms with Crippen LogP contribution in [0, 0.1) is 27.7 Å². The van der Waals surface area contributed by atoms with Crippen LogP contribution in [0.25, 0.3) is 0 Å². The summed E-state index contributed by atoms with van der Waals surface area (Å²) < 4.78 is 25.4. The summed E-state index contributed by atoms with van der Waals surface area (Å²) in [7, 11) is -3.79. The van der Waals surface area contributed by atoms with Gasteiger partial charge in [0, 0.05) is 6.20 Å². The summed E-state index contributed by atoms with van der Waals surface area (Å²) in [5, 5.41) is 2.85. The SMILES string of the molecule is Cc1cccc(OP(=O)(Nc2ccccn2)Oc2cccc(C)c2C)c1C. The van der Waals surface area contributed by atoms with Crippen LogP contribution in [0.2, 0.25) is 0 Å². The van der Waals surface area contributed by atoms with E-state index < -0.39 is 7.75 Å². The smallest absolute Gasteiger partial charge is 0.400 e. The summed E-state index contributed by atoms with van der Waals surface area (Å²) in [6, 6.07) is 16.5. The summed E-state index contributed by atoms with van der Waals surface area (Å²) in [6.07, 6.45) is 1.61. The Morgan fingerprint density at radius 2 is 1.33 bits per heavy atom. The van der Waals surface area contributed by atoms with E-state index in [9.17, 15) is 4.57 Å². The van der Waals surface area contributed by atoms with E-state index in [1.807, 2.05) is 52.0 Å². The minimum Gasteiger partial charge on any atom is -0.400 e.